The van der Waals surface area contributed by atoms with Crippen molar-refractivity contribution in [1.82, 2.24) is 10.3 Å². The minimum absolute atomic E-state index is 0.0770. The van der Waals surface area contributed by atoms with Gasteiger partial charge in [0.05, 0.1) is 16.9 Å². The van der Waals surface area contributed by atoms with Gasteiger partial charge in [-0.2, -0.15) is 0 Å². The zero-order valence-corrected chi connectivity index (χ0v) is 22.0. The minimum Gasteiger partial charge on any atom is -0.465 e. The van der Waals surface area contributed by atoms with Crippen LogP contribution in [0.5, 0.6) is 0 Å². The number of carboxylic acid groups (broad SMARTS) is 1. The maximum Gasteiger partial charge on any atom is 0.405 e. The van der Waals surface area contributed by atoms with Gasteiger partial charge in [0.1, 0.15) is 0 Å². The number of aryl methyl sites for hydroxylation is 1. The molecular formula is C29H28N2O3S2. The first-order chi connectivity index (χ1) is 17.5. The van der Waals surface area contributed by atoms with Crippen LogP contribution in [0.3, 0.4) is 0 Å². The Bertz CT molecular complexity index is 1340. The molecule has 0 saturated heterocycles. The number of aromatic nitrogens is 1. The number of carbonyl (C=O) groups excluding carboxylic acids is 1. The van der Waals surface area contributed by atoms with Gasteiger partial charge in [-0.05, 0) is 61.8 Å². The molecule has 1 amide bonds. The number of allylic oxidation sites excluding steroid dienone is 1. The standard InChI is InChI=1S/C29H28N2O3S2/c1-35-27(36-2)21-13-14-24-23(26(21)32)17-22(18-7-4-3-5-8-18)25(30-24)19-9-11-20(12-10-19)29(15-6-16-29)31-28(33)34/h3-5,7-12,17,31H,6,13-16H2,1-2H3,(H,33,34). The molecule has 2 aromatic carbocycles. The van der Waals surface area contributed by atoms with Gasteiger partial charge in [0.25, 0.3) is 0 Å². The van der Waals surface area contributed by atoms with Crippen molar-refractivity contribution in [1.29, 1.82) is 0 Å². The molecule has 0 spiro atoms. The Morgan fingerprint density at radius 2 is 1.64 bits per heavy atom. The zero-order valence-electron chi connectivity index (χ0n) is 20.3. The van der Waals surface area contributed by atoms with E-state index in [4.69, 9.17) is 4.98 Å². The molecule has 0 bridgehead atoms. The molecule has 36 heavy (non-hydrogen) atoms. The fraction of sp³-hybridized carbons (Fsp3) is 0.276. The lowest BCUT2D eigenvalue weighted by atomic mass is 9.71. The number of carbonyl (C=O) groups is 2. The van der Waals surface area contributed by atoms with Crippen LogP contribution in [0, 0.1) is 0 Å². The Morgan fingerprint density at radius 3 is 2.22 bits per heavy atom. The molecule has 0 radical (unpaired) electrons. The number of Topliss-reactive ketones (excluding diaryl/α,β-unsaturated/α-hetero) is 1. The van der Waals surface area contributed by atoms with E-state index in [0.29, 0.717) is 12.0 Å². The molecule has 3 aromatic rings. The summed E-state index contributed by atoms with van der Waals surface area (Å²) >= 11 is 3.26. The van der Waals surface area contributed by atoms with Crippen LogP contribution in [-0.2, 0) is 12.0 Å². The molecule has 5 nitrogen and oxygen atoms in total. The molecule has 2 aliphatic carbocycles. The first-order valence-corrected chi connectivity index (χ1v) is 14.5. The van der Waals surface area contributed by atoms with Crippen molar-refractivity contribution >= 4 is 35.4 Å². The molecule has 0 unspecified atom stereocenters. The quantitative estimate of drug-likeness (QED) is 0.339. The van der Waals surface area contributed by atoms with Crippen LogP contribution in [0.25, 0.3) is 22.4 Å². The molecule has 1 aromatic heterocycles. The lowest BCUT2D eigenvalue weighted by molar-refractivity contribution is 0.102. The molecule has 0 aliphatic heterocycles. The van der Waals surface area contributed by atoms with E-state index >= 15 is 0 Å². The van der Waals surface area contributed by atoms with E-state index in [1.165, 1.54) is 0 Å². The Labute approximate surface area is 219 Å². The van der Waals surface area contributed by atoms with Crippen LogP contribution in [0.2, 0.25) is 0 Å². The monoisotopic (exact) mass is 516 g/mol. The fourth-order valence-electron chi connectivity index (χ4n) is 5.21. The first kappa shape index (κ1) is 24.7. The van der Waals surface area contributed by atoms with Crippen molar-refractivity contribution in [2.75, 3.05) is 12.5 Å². The summed E-state index contributed by atoms with van der Waals surface area (Å²) < 4.78 is 1.08. The number of fused-ring (bicyclic) bond motifs is 1. The average Bonchev–Trinajstić information content (AvgIpc) is 2.88. The number of nitrogens with one attached hydrogen (secondary N) is 1. The van der Waals surface area contributed by atoms with Crippen LogP contribution < -0.4 is 5.32 Å². The Kier molecular flexibility index (Phi) is 6.95. The summed E-state index contributed by atoms with van der Waals surface area (Å²) in [6.45, 7) is 0. The van der Waals surface area contributed by atoms with Gasteiger partial charge >= 0.3 is 6.09 Å². The lowest BCUT2D eigenvalue weighted by Gasteiger charge is -2.42. The zero-order chi connectivity index (χ0) is 25.3. The van der Waals surface area contributed by atoms with Crippen LogP contribution in [0.4, 0.5) is 4.79 Å². The topological polar surface area (TPSA) is 79.3 Å². The third kappa shape index (κ3) is 4.46. The molecule has 5 rings (SSSR count). The number of ketones is 1. The van der Waals surface area contributed by atoms with E-state index in [-0.39, 0.29) is 5.78 Å². The minimum atomic E-state index is -0.995. The summed E-state index contributed by atoms with van der Waals surface area (Å²) in [4.78, 5) is 30.0. The molecule has 0 atom stereocenters. The highest BCUT2D eigenvalue weighted by molar-refractivity contribution is 8.21. The third-order valence-corrected chi connectivity index (χ3v) is 9.43. The van der Waals surface area contributed by atoms with Gasteiger partial charge < -0.3 is 10.4 Å². The van der Waals surface area contributed by atoms with Crippen molar-refractivity contribution in [2.45, 2.75) is 37.6 Å². The summed E-state index contributed by atoms with van der Waals surface area (Å²) in [5.74, 6) is 0.0770. The highest BCUT2D eigenvalue weighted by Gasteiger charge is 2.40. The number of hydrogen-bond donors (Lipinski definition) is 2. The van der Waals surface area contributed by atoms with Crippen LogP contribution in [0.15, 0.2) is 70.5 Å². The number of benzene rings is 2. The first-order valence-electron chi connectivity index (χ1n) is 12.0. The summed E-state index contributed by atoms with van der Waals surface area (Å²) in [7, 11) is 0. The predicted molar refractivity (Wildman–Crippen MR) is 149 cm³/mol. The largest absolute Gasteiger partial charge is 0.465 e. The van der Waals surface area contributed by atoms with Gasteiger partial charge in [0.15, 0.2) is 5.78 Å². The van der Waals surface area contributed by atoms with Crippen molar-refractivity contribution in [3.05, 3.63) is 87.3 Å². The van der Waals surface area contributed by atoms with Gasteiger partial charge in [0.2, 0.25) is 0 Å². The smallest absolute Gasteiger partial charge is 0.405 e. The van der Waals surface area contributed by atoms with E-state index in [1.807, 2.05) is 73.2 Å². The molecule has 184 valence electrons. The lowest BCUT2D eigenvalue weighted by Crippen LogP contribution is -2.50. The van der Waals surface area contributed by atoms with E-state index < -0.39 is 11.6 Å². The molecule has 1 fully saturated rings. The second-order valence-corrected chi connectivity index (χ2v) is 11.1. The fourth-order valence-corrected chi connectivity index (χ4v) is 6.76. The second-order valence-electron chi connectivity index (χ2n) is 9.19. The predicted octanol–water partition coefficient (Wildman–Crippen LogP) is 7.13. The highest BCUT2D eigenvalue weighted by Crippen LogP contribution is 2.43. The van der Waals surface area contributed by atoms with Crippen molar-refractivity contribution in [3.63, 3.8) is 0 Å². The molecule has 2 aliphatic rings. The maximum atomic E-state index is 13.5. The molecule has 1 saturated carbocycles. The number of thioether (sulfide) groups is 2. The number of nitrogens with zero attached hydrogens (tertiary/aromatic N) is 1. The van der Waals surface area contributed by atoms with Gasteiger partial charge in [-0.3, -0.25) is 9.78 Å². The van der Waals surface area contributed by atoms with Gasteiger partial charge in [-0.1, -0.05) is 54.6 Å². The number of rotatable bonds is 6. The Hall–Kier alpha value is -3.03. The van der Waals surface area contributed by atoms with Crippen LogP contribution >= 0.6 is 23.5 Å². The molecular weight excluding hydrogens is 488 g/mol. The highest BCUT2D eigenvalue weighted by atomic mass is 32.2. The van der Waals surface area contributed by atoms with E-state index in [2.05, 4.69) is 5.32 Å². The maximum absolute atomic E-state index is 13.5. The van der Waals surface area contributed by atoms with Gasteiger partial charge in [-0.15, -0.1) is 23.5 Å². The van der Waals surface area contributed by atoms with Crippen LogP contribution in [-0.4, -0.2) is 34.5 Å². The summed E-state index contributed by atoms with van der Waals surface area (Å²) in [6.07, 6.45) is 7.07. The number of amides is 1. The normalized spacial score (nSPS) is 16.2. The van der Waals surface area contributed by atoms with Crippen molar-refractivity contribution in [3.8, 4) is 22.4 Å². The van der Waals surface area contributed by atoms with Crippen molar-refractivity contribution in [2.24, 2.45) is 0 Å². The van der Waals surface area contributed by atoms with E-state index in [1.54, 1.807) is 23.5 Å². The number of pyridine rings is 1. The summed E-state index contributed by atoms with van der Waals surface area (Å²) in [6, 6.07) is 20.1. The number of hydrogen-bond acceptors (Lipinski definition) is 5. The van der Waals surface area contributed by atoms with Crippen molar-refractivity contribution < 1.29 is 14.7 Å². The summed E-state index contributed by atoms with van der Waals surface area (Å²) in [5, 5.41) is 12.1. The van der Waals surface area contributed by atoms with Crippen LogP contribution in [0.1, 0.15) is 47.3 Å². The van der Waals surface area contributed by atoms with E-state index in [0.717, 1.165) is 69.1 Å². The molecule has 7 heteroatoms. The summed E-state index contributed by atoms with van der Waals surface area (Å²) in [5.41, 5.74) is 6.62. The second kappa shape index (κ2) is 10.1. The average molecular weight is 517 g/mol. The van der Waals surface area contributed by atoms with E-state index in [9.17, 15) is 14.7 Å². The molecule has 2 N–H and O–H groups in total. The Balaban J connectivity index is 1.60. The van der Waals surface area contributed by atoms with Gasteiger partial charge in [-0.25, -0.2) is 4.79 Å². The SMILES string of the molecule is CSC(SC)=C1CCc2nc(-c3ccc(C4(NC(=O)O)CCC4)cc3)c(-c3ccccc3)cc2C1=O. The van der Waals surface area contributed by atoms with Gasteiger partial charge in [0, 0.05) is 26.5 Å². The molecule has 1 heterocycles. The Morgan fingerprint density at radius 1 is 0.944 bits per heavy atom. The third-order valence-electron chi connectivity index (χ3n) is 7.20.